The van der Waals surface area contributed by atoms with Crippen LogP contribution in [0.3, 0.4) is 0 Å². The lowest BCUT2D eigenvalue weighted by Crippen LogP contribution is -2.40. The molecule has 5 nitrogen and oxygen atoms in total. The summed E-state index contributed by atoms with van der Waals surface area (Å²) in [4.78, 5) is 23.6. The van der Waals surface area contributed by atoms with Gasteiger partial charge in [-0.25, -0.2) is 5.84 Å². The van der Waals surface area contributed by atoms with E-state index in [2.05, 4.69) is 10.7 Å². The van der Waals surface area contributed by atoms with Gasteiger partial charge in [-0.05, 0) is 38.3 Å². The Balaban J connectivity index is 2.48. The molecule has 0 bridgehead atoms. The van der Waals surface area contributed by atoms with Crippen LogP contribution < -0.4 is 16.6 Å². The summed E-state index contributed by atoms with van der Waals surface area (Å²) in [6.45, 7) is 3.91. The van der Waals surface area contributed by atoms with Crippen molar-refractivity contribution in [1.29, 1.82) is 0 Å². The average molecular weight is 241 g/mol. The Morgan fingerprint density at radius 1 is 1.41 bits per heavy atom. The molecule has 0 saturated carbocycles. The van der Waals surface area contributed by atoms with Crippen molar-refractivity contribution in [3.8, 4) is 0 Å². The standard InChI is InChI=1S/C12H23N3O2/c1-2-3-10(12(17)15-13)11(16)8-9-4-6-14-7-5-9/h9-10,14H,2-8,13H2,1H3,(H,15,17). The van der Waals surface area contributed by atoms with Gasteiger partial charge in [0, 0.05) is 6.42 Å². The van der Waals surface area contributed by atoms with E-state index >= 15 is 0 Å². The van der Waals surface area contributed by atoms with Crippen molar-refractivity contribution in [1.82, 2.24) is 10.7 Å². The molecule has 0 spiro atoms. The second-order valence-corrected chi connectivity index (χ2v) is 4.71. The molecule has 1 aliphatic heterocycles. The van der Waals surface area contributed by atoms with E-state index < -0.39 is 5.92 Å². The maximum atomic E-state index is 12.1. The molecule has 1 amide bonds. The number of hydrogen-bond acceptors (Lipinski definition) is 4. The quantitative estimate of drug-likeness (QED) is 0.271. The highest BCUT2D eigenvalue weighted by atomic mass is 16.2. The maximum Gasteiger partial charge on any atom is 0.244 e. The van der Waals surface area contributed by atoms with Gasteiger partial charge in [0.1, 0.15) is 5.78 Å². The Morgan fingerprint density at radius 3 is 2.59 bits per heavy atom. The minimum absolute atomic E-state index is 0.0432. The number of nitrogens with one attached hydrogen (secondary N) is 2. The number of ketones is 1. The number of Topliss-reactive ketones (excluding diaryl/α,β-unsaturated/α-hetero) is 1. The lowest BCUT2D eigenvalue weighted by molar-refractivity contribution is -0.135. The molecule has 5 heteroatoms. The van der Waals surface area contributed by atoms with E-state index in [-0.39, 0.29) is 11.7 Å². The van der Waals surface area contributed by atoms with Gasteiger partial charge in [0.15, 0.2) is 0 Å². The van der Waals surface area contributed by atoms with Crippen molar-refractivity contribution in [2.45, 2.75) is 39.0 Å². The summed E-state index contributed by atoms with van der Waals surface area (Å²) in [6, 6.07) is 0. The van der Waals surface area contributed by atoms with Crippen LogP contribution in [0.5, 0.6) is 0 Å². The highest BCUT2D eigenvalue weighted by molar-refractivity contribution is 6.01. The van der Waals surface area contributed by atoms with E-state index in [9.17, 15) is 9.59 Å². The van der Waals surface area contributed by atoms with Gasteiger partial charge in [0.25, 0.3) is 0 Å². The molecule has 98 valence electrons. The predicted octanol–water partition coefficient (Wildman–Crippen LogP) is 0.351. The minimum atomic E-state index is -0.556. The van der Waals surface area contributed by atoms with E-state index in [1.165, 1.54) is 0 Å². The van der Waals surface area contributed by atoms with Gasteiger partial charge >= 0.3 is 0 Å². The van der Waals surface area contributed by atoms with E-state index in [1.54, 1.807) is 0 Å². The van der Waals surface area contributed by atoms with Gasteiger partial charge in [-0.3, -0.25) is 15.0 Å². The molecular weight excluding hydrogens is 218 g/mol. The Hall–Kier alpha value is -0.940. The zero-order valence-electron chi connectivity index (χ0n) is 10.5. The molecule has 1 saturated heterocycles. The zero-order valence-corrected chi connectivity index (χ0v) is 10.5. The monoisotopic (exact) mass is 241 g/mol. The number of hydrazine groups is 1. The van der Waals surface area contributed by atoms with Crippen molar-refractivity contribution in [3.63, 3.8) is 0 Å². The number of carbonyl (C=O) groups is 2. The highest BCUT2D eigenvalue weighted by Gasteiger charge is 2.27. The number of hydrogen-bond donors (Lipinski definition) is 3. The summed E-state index contributed by atoms with van der Waals surface area (Å²) in [7, 11) is 0. The van der Waals surface area contributed by atoms with Crippen molar-refractivity contribution < 1.29 is 9.59 Å². The predicted molar refractivity (Wildman–Crippen MR) is 65.9 cm³/mol. The summed E-state index contributed by atoms with van der Waals surface area (Å²) >= 11 is 0. The molecule has 0 radical (unpaired) electrons. The number of amides is 1. The Morgan fingerprint density at radius 2 is 2.06 bits per heavy atom. The normalized spacial score (nSPS) is 18.7. The van der Waals surface area contributed by atoms with Gasteiger partial charge in [0.05, 0.1) is 5.92 Å². The van der Waals surface area contributed by atoms with Gasteiger partial charge in [-0.15, -0.1) is 0 Å². The molecule has 4 N–H and O–H groups in total. The second-order valence-electron chi connectivity index (χ2n) is 4.71. The first-order valence-electron chi connectivity index (χ1n) is 6.43. The Kier molecular flexibility index (Phi) is 6.15. The van der Waals surface area contributed by atoms with Crippen LogP contribution >= 0.6 is 0 Å². The largest absolute Gasteiger partial charge is 0.317 e. The molecule has 0 aromatic carbocycles. The van der Waals surface area contributed by atoms with E-state index in [4.69, 9.17) is 5.84 Å². The first-order chi connectivity index (χ1) is 8.19. The molecule has 1 unspecified atom stereocenters. The number of nitrogens with two attached hydrogens (primary N) is 1. The fourth-order valence-electron chi connectivity index (χ4n) is 2.34. The third-order valence-corrected chi connectivity index (χ3v) is 3.37. The fourth-order valence-corrected chi connectivity index (χ4v) is 2.34. The van der Waals surface area contributed by atoms with Crippen LogP contribution in [0.2, 0.25) is 0 Å². The summed E-state index contributed by atoms with van der Waals surface area (Å²) in [5.41, 5.74) is 2.10. The van der Waals surface area contributed by atoms with Crippen molar-refractivity contribution >= 4 is 11.7 Å². The smallest absolute Gasteiger partial charge is 0.244 e. The van der Waals surface area contributed by atoms with Crippen LogP contribution in [0.1, 0.15) is 39.0 Å². The second kappa shape index (κ2) is 7.40. The van der Waals surface area contributed by atoms with Gasteiger partial charge in [-0.2, -0.15) is 0 Å². The maximum absolute atomic E-state index is 12.1. The van der Waals surface area contributed by atoms with Crippen LogP contribution in [-0.4, -0.2) is 24.8 Å². The van der Waals surface area contributed by atoms with Gasteiger partial charge in [-0.1, -0.05) is 13.3 Å². The summed E-state index contributed by atoms with van der Waals surface area (Å²) in [5, 5.41) is 3.27. The van der Waals surface area contributed by atoms with Crippen molar-refractivity contribution in [2.75, 3.05) is 13.1 Å². The number of rotatable bonds is 6. The lowest BCUT2D eigenvalue weighted by Gasteiger charge is -2.23. The molecular formula is C12H23N3O2. The molecule has 1 fully saturated rings. The molecule has 1 atom stereocenters. The topological polar surface area (TPSA) is 84.2 Å². The zero-order chi connectivity index (χ0) is 12.7. The van der Waals surface area contributed by atoms with E-state index in [0.717, 1.165) is 32.4 Å². The fraction of sp³-hybridized carbons (Fsp3) is 0.833. The summed E-state index contributed by atoms with van der Waals surface area (Å²) in [6.07, 6.45) is 3.96. The van der Waals surface area contributed by atoms with Gasteiger partial charge < -0.3 is 5.32 Å². The van der Waals surface area contributed by atoms with Crippen LogP contribution in [0.4, 0.5) is 0 Å². The van der Waals surface area contributed by atoms with Crippen LogP contribution in [0.25, 0.3) is 0 Å². The third kappa shape index (κ3) is 4.44. The van der Waals surface area contributed by atoms with E-state index in [0.29, 0.717) is 18.8 Å². The Labute approximate surface area is 102 Å². The van der Waals surface area contributed by atoms with Crippen LogP contribution in [-0.2, 0) is 9.59 Å². The third-order valence-electron chi connectivity index (χ3n) is 3.37. The molecule has 17 heavy (non-hydrogen) atoms. The SMILES string of the molecule is CCCC(C(=O)CC1CCNCC1)C(=O)NN. The van der Waals surface area contributed by atoms with Crippen LogP contribution in [0.15, 0.2) is 0 Å². The van der Waals surface area contributed by atoms with Crippen molar-refractivity contribution in [3.05, 3.63) is 0 Å². The number of carbonyl (C=O) groups excluding carboxylic acids is 2. The van der Waals surface area contributed by atoms with E-state index in [1.807, 2.05) is 6.92 Å². The summed E-state index contributed by atoms with van der Waals surface area (Å²) < 4.78 is 0. The molecule has 0 aromatic rings. The molecule has 1 rings (SSSR count). The molecule has 1 aliphatic rings. The minimum Gasteiger partial charge on any atom is -0.317 e. The molecule has 0 aliphatic carbocycles. The number of piperidine rings is 1. The Bertz CT molecular complexity index is 262. The first kappa shape index (κ1) is 14.1. The highest BCUT2D eigenvalue weighted by Crippen LogP contribution is 2.20. The average Bonchev–Trinajstić information content (AvgIpc) is 2.36. The molecule has 0 aromatic heterocycles. The molecule has 1 heterocycles. The van der Waals surface area contributed by atoms with Gasteiger partial charge in [0.2, 0.25) is 5.91 Å². The lowest BCUT2D eigenvalue weighted by atomic mass is 9.86. The van der Waals surface area contributed by atoms with Crippen molar-refractivity contribution in [2.24, 2.45) is 17.7 Å². The summed E-state index contributed by atoms with van der Waals surface area (Å²) in [5.74, 6) is 4.68. The van der Waals surface area contributed by atoms with Crippen LogP contribution in [0, 0.1) is 11.8 Å². The first-order valence-corrected chi connectivity index (χ1v) is 6.43.